The fourth-order valence-corrected chi connectivity index (χ4v) is 4.68. The van der Waals surface area contributed by atoms with Gasteiger partial charge in [-0.05, 0) is 54.4 Å². The molecule has 1 aliphatic heterocycles. The minimum atomic E-state index is -1.03. The van der Waals surface area contributed by atoms with E-state index in [1.54, 1.807) is 43.3 Å². The lowest BCUT2D eigenvalue weighted by atomic mass is 9.94. The highest BCUT2D eigenvalue weighted by atomic mass is 35.5. The van der Waals surface area contributed by atoms with Crippen molar-refractivity contribution in [1.29, 1.82) is 0 Å². The Morgan fingerprint density at radius 2 is 1.83 bits per heavy atom. The third kappa shape index (κ3) is 3.68. The minimum absolute atomic E-state index is 0.0153. The summed E-state index contributed by atoms with van der Waals surface area (Å²) in [7, 11) is 1.40. The molecule has 1 aromatic heterocycles. The lowest BCUT2D eigenvalue weighted by Crippen LogP contribution is -2.30. The first kappa shape index (κ1) is 22.5. The summed E-state index contributed by atoms with van der Waals surface area (Å²) in [4.78, 5) is 35.5. The number of carbonyl (C=O) groups excluding carboxylic acids is 2. The maximum atomic E-state index is 13.4. The molecule has 3 aromatic carbocycles. The molecule has 3 N–H and O–H groups in total. The number of aliphatic hydroxyl groups is 1. The Morgan fingerprint density at radius 3 is 2.51 bits per heavy atom. The molecule has 0 spiro atoms. The number of aromatic nitrogens is 2. The minimum Gasteiger partial charge on any atom is -0.508 e. The first-order valence-corrected chi connectivity index (χ1v) is 11.1. The summed E-state index contributed by atoms with van der Waals surface area (Å²) < 4.78 is 5.39. The van der Waals surface area contributed by atoms with Gasteiger partial charge in [0.15, 0.2) is 0 Å². The van der Waals surface area contributed by atoms with Crippen LogP contribution in [-0.2, 0) is 9.59 Å². The molecule has 176 valence electrons. The molecule has 2 heterocycles. The van der Waals surface area contributed by atoms with Crippen LogP contribution in [0.15, 0.2) is 66.2 Å². The van der Waals surface area contributed by atoms with Crippen molar-refractivity contribution in [1.82, 2.24) is 9.97 Å². The third-order valence-electron chi connectivity index (χ3n) is 5.91. The van der Waals surface area contributed by atoms with Crippen molar-refractivity contribution in [3.05, 3.63) is 87.9 Å². The highest BCUT2D eigenvalue weighted by Gasteiger charge is 2.48. The Kier molecular flexibility index (Phi) is 5.45. The molecular formula is C26H20ClN3O5. The number of benzene rings is 3. The number of halogens is 1. The Labute approximate surface area is 205 Å². The van der Waals surface area contributed by atoms with Crippen molar-refractivity contribution in [2.45, 2.75) is 13.0 Å². The largest absolute Gasteiger partial charge is 0.508 e. The fourth-order valence-electron chi connectivity index (χ4n) is 4.33. The summed E-state index contributed by atoms with van der Waals surface area (Å²) >= 11 is 6.33. The number of fused-ring (bicyclic) bond motifs is 1. The zero-order valence-corrected chi connectivity index (χ0v) is 19.5. The number of imidazole rings is 1. The Balaban J connectivity index is 1.78. The maximum Gasteiger partial charge on any atom is 0.302 e. The summed E-state index contributed by atoms with van der Waals surface area (Å²) in [6, 6.07) is 15.5. The molecule has 1 amide bonds. The number of aliphatic hydroxyl groups excluding tert-OH is 1. The molecule has 1 unspecified atom stereocenters. The van der Waals surface area contributed by atoms with Crippen molar-refractivity contribution in [2.75, 3.05) is 12.0 Å². The number of nitrogens with one attached hydrogen (secondary N) is 1. The number of hydrogen-bond acceptors (Lipinski definition) is 6. The molecule has 0 radical (unpaired) electrons. The average Bonchev–Trinajstić information content (AvgIpc) is 3.37. The molecular weight excluding hydrogens is 470 g/mol. The van der Waals surface area contributed by atoms with Gasteiger partial charge in [0.25, 0.3) is 5.78 Å². The van der Waals surface area contributed by atoms with Gasteiger partial charge in [-0.25, -0.2) is 4.98 Å². The number of rotatable bonds is 4. The zero-order chi connectivity index (χ0) is 24.9. The van der Waals surface area contributed by atoms with Gasteiger partial charge in [0.1, 0.15) is 17.3 Å². The molecule has 4 aromatic rings. The van der Waals surface area contributed by atoms with Crippen molar-refractivity contribution >= 4 is 46.0 Å². The number of amides is 1. The number of methoxy groups -OCH3 is 1. The predicted octanol–water partition coefficient (Wildman–Crippen LogP) is 4.87. The molecule has 1 fully saturated rings. The van der Waals surface area contributed by atoms with E-state index in [-0.39, 0.29) is 33.6 Å². The lowest BCUT2D eigenvalue weighted by molar-refractivity contribution is -0.132. The topological polar surface area (TPSA) is 116 Å². The predicted molar refractivity (Wildman–Crippen MR) is 132 cm³/mol. The van der Waals surface area contributed by atoms with Gasteiger partial charge < -0.3 is 19.9 Å². The molecule has 5 rings (SSSR count). The monoisotopic (exact) mass is 489 g/mol. The van der Waals surface area contributed by atoms with Crippen LogP contribution in [-0.4, -0.2) is 39.0 Å². The van der Waals surface area contributed by atoms with E-state index < -0.39 is 23.5 Å². The van der Waals surface area contributed by atoms with E-state index in [1.165, 1.54) is 24.1 Å². The van der Waals surface area contributed by atoms with E-state index in [9.17, 15) is 19.8 Å². The maximum absolute atomic E-state index is 13.4. The van der Waals surface area contributed by atoms with Crippen LogP contribution < -0.4 is 9.64 Å². The van der Waals surface area contributed by atoms with E-state index in [1.807, 2.05) is 12.1 Å². The smallest absolute Gasteiger partial charge is 0.302 e. The molecule has 0 saturated carbocycles. The first-order valence-electron chi connectivity index (χ1n) is 10.7. The molecule has 9 heteroatoms. The second kappa shape index (κ2) is 8.48. The quantitative estimate of drug-likeness (QED) is 0.214. The average molecular weight is 490 g/mol. The summed E-state index contributed by atoms with van der Waals surface area (Å²) in [6.45, 7) is 1.78. The van der Waals surface area contributed by atoms with Crippen LogP contribution in [0.3, 0.4) is 0 Å². The van der Waals surface area contributed by atoms with Gasteiger partial charge in [0, 0.05) is 0 Å². The van der Waals surface area contributed by atoms with Crippen molar-refractivity contribution in [2.24, 2.45) is 0 Å². The summed E-state index contributed by atoms with van der Waals surface area (Å²) in [5.41, 5.74) is 2.54. The van der Waals surface area contributed by atoms with Gasteiger partial charge in [-0.1, -0.05) is 35.9 Å². The zero-order valence-electron chi connectivity index (χ0n) is 18.7. The van der Waals surface area contributed by atoms with E-state index >= 15 is 0 Å². The first-order chi connectivity index (χ1) is 16.8. The van der Waals surface area contributed by atoms with E-state index in [2.05, 4.69) is 9.97 Å². The Morgan fingerprint density at radius 1 is 1.11 bits per heavy atom. The molecule has 1 aliphatic rings. The van der Waals surface area contributed by atoms with E-state index in [0.717, 1.165) is 5.56 Å². The number of H-pyrrole nitrogens is 1. The molecule has 1 atom stereocenters. The number of carbonyl (C=O) groups is 2. The number of anilines is 1. The number of ketones is 1. The van der Waals surface area contributed by atoms with Crippen molar-refractivity contribution < 1.29 is 24.5 Å². The van der Waals surface area contributed by atoms with Gasteiger partial charge in [-0.15, -0.1) is 0 Å². The molecule has 8 nitrogen and oxygen atoms in total. The highest BCUT2D eigenvalue weighted by Crippen LogP contribution is 2.44. The SMILES string of the molecule is COc1c(Cl)cc(C)cc1/C(O)=C1\C(=O)C(=O)N(c2nc3ccccc3[nH]2)C1c1ccc(O)cc1. The number of aromatic hydroxyl groups is 1. The number of hydrogen-bond donors (Lipinski definition) is 3. The number of phenolic OH excluding ortho intramolecular Hbond substituents is 1. The van der Waals surface area contributed by atoms with Gasteiger partial charge in [0.05, 0.1) is 40.3 Å². The third-order valence-corrected chi connectivity index (χ3v) is 6.19. The van der Waals surface area contributed by atoms with Gasteiger partial charge in [0.2, 0.25) is 5.95 Å². The number of Topliss-reactive ketones (excluding diaryl/α,β-unsaturated/α-hetero) is 1. The fraction of sp³-hybridized carbons (Fsp3) is 0.115. The van der Waals surface area contributed by atoms with E-state index in [0.29, 0.717) is 16.6 Å². The second-order valence-corrected chi connectivity index (χ2v) is 8.57. The molecule has 0 aliphatic carbocycles. The van der Waals surface area contributed by atoms with Crippen LogP contribution in [0.5, 0.6) is 11.5 Å². The lowest BCUT2D eigenvalue weighted by Gasteiger charge is -2.23. The van der Waals surface area contributed by atoms with Gasteiger partial charge in [-0.2, -0.15) is 0 Å². The van der Waals surface area contributed by atoms with Crippen molar-refractivity contribution in [3.8, 4) is 11.5 Å². The number of aryl methyl sites for hydroxylation is 1. The van der Waals surface area contributed by atoms with Crippen LogP contribution >= 0.6 is 11.6 Å². The standard InChI is InChI=1S/C26H20ClN3O5/c1-13-11-16(24(35-2)17(27)12-13)22(32)20-21(14-7-9-15(31)10-8-14)30(25(34)23(20)33)26-28-18-5-3-4-6-19(18)29-26/h3-12,21,31-32H,1-2H3,(H,28,29)/b22-20+. The van der Waals surface area contributed by atoms with Gasteiger partial charge >= 0.3 is 5.91 Å². The highest BCUT2D eigenvalue weighted by molar-refractivity contribution is 6.51. The Bertz CT molecular complexity index is 1490. The second-order valence-electron chi connectivity index (χ2n) is 8.17. The number of aromatic amines is 1. The van der Waals surface area contributed by atoms with Crippen LogP contribution in [0.1, 0.15) is 22.7 Å². The summed E-state index contributed by atoms with van der Waals surface area (Å²) in [5.74, 6) is -1.83. The molecule has 0 bridgehead atoms. The molecule has 1 saturated heterocycles. The van der Waals surface area contributed by atoms with Crippen LogP contribution in [0, 0.1) is 6.92 Å². The summed E-state index contributed by atoms with van der Waals surface area (Å²) in [5, 5.41) is 21.5. The number of nitrogens with zero attached hydrogens (tertiary/aromatic N) is 2. The van der Waals surface area contributed by atoms with Crippen LogP contribution in [0.2, 0.25) is 5.02 Å². The normalized spacial score (nSPS) is 17.3. The summed E-state index contributed by atoms with van der Waals surface area (Å²) in [6.07, 6.45) is 0. The number of para-hydroxylation sites is 2. The van der Waals surface area contributed by atoms with E-state index in [4.69, 9.17) is 16.3 Å². The number of phenols is 1. The van der Waals surface area contributed by atoms with Crippen LogP contribution in [0.25, 0.3) is 16.8 Å². The van der Waals surface area contributed by atoms with Crippen molar-refractivity contribution in [3.63, 3.8) is 0 Å². The molecule has 35 heavy (non-hydrogen) atoms. The van der Waals surface area contributed by atoms with Gasteiger partial charge in [-0.3, -0.25) is 14.5 Å². The van der Waals surface area contributed by atoms with Crippen LogP contribution in [0.4, 0.5) is 5.95 Å². The number of ether oxygens (including phenoxy) is 1. The Hall–Kier alpha value is -4.30.